The highest BCUT2D eigenvalue weighted by molar-refractivity contribution is 4.50. The van der Waals surface area contributed by atoms with Crippen molar-refractivity contribution in [3.05, 3.63) is 13.2 Å². The number of rotatable bonds is 4. The maximum atomic E-state index is 8.72. The van der Waals surface area contributed by atoms with E-state index in [-0.39, 0.29) is 6.10 Å². The number of aliphatic hydroxyl groups excluding tert-OH is 1. The summed E-state index contributed by atoms with van der Waals surface area (Å²) in [7, 11) is 0. The van der Waals surface area contributed by atoms with Gasteiger partial charge in [0.25, 0.3) is 0 Å². The fourth-order valence-corrected chi connectivity index (χ4v) is 0.488. The maximum absolute atomic E-state index is 8.72. The van der Waals surface area contributed by atoms with Crippen LogP contribution in [0.3, 0.4) is 0 Å². The molecule has 0 aromatic carbocycles. The van der Waals surface area contributed by atoms with Gasteiger partial charge < -0.3 is 10.4 Å². The lowest BCUT2D eigenvalue weighted by Crippen LogP contribution is -2.24. The third kappa shape index (κ3) is 15.6. The van der Waals surface area contributed by atoms with Crippen molar-refractivity contribution in [3.63, 3.8) is 0 Å². The highest BCUT2D eigenvalue weighted by Crippen LogP contribution is 1.75. The molecule has 1 atom stereocenters. The van der Waals surface area contributed by atoms with Gasteiger partial charge in [0.1, 0.15) is 0 Å². The normalized spacial score (nSPS) is 11.5. The van der Waals surface area contributed by atoms with Crippen LogP contribution in [0.1, 0.15) is 20.3 Å². The second-order valence-corrected chi connectivity index (χ2v) is 2.05. The number of hydrogen-bond donors (Lipinski definition) is 2. The zero-order valence-corrected chi connectivity index (χ0v) is 7.06. The van der Waals surface area contributed by atoms with Crippen molar-refractivity contribution in [1.29, 1.82) is 0 Å². The summed E-state index contributed by atoms with van der Waals surface area (Å²) >= 11 is 0. The first-order chi connectivity index (χ1) is 4.77. The molecule has 0 saturated carbocycles. The molecule has 2 nitrogen and oxygen atoms in total. The van der Waals surface area contributed by atoms with E-state index in [2.05, 4.69) is 25.4 Å². The molecular weight excluding hydrogens is 126 g/mol. The molecule has 0 rings (SSSR count). The zero-order chi connectivity index (χ0) is 8.41. The van der Waals surface area contributed by atoms with E-state index in [1.54, 1.807) is 6.92 Å². The van der Waals surface area contributed by atoms with E-state index in [9.17, 15) is 0 Å². The van der Waals surface area contributed by atoms with Crippen LogP contribution < -0.4 is 5.32 Å². The van der Waals surface area contributed by atoms with Gasteiger partial charge in [-0.25, -0.2) is 0 Å². The van der Waals surface area contributed by atoms with Crippen molar-refractivity contribution in [1.82, 2.24) is 5.32 Å². The molecule has 0 spiro atoms. The van der Waals surface area contributed by atoms with Crippen molar-refractivity contribution in [3.8, 4) is 0 Å². The topological polar surface area (TPSA) is 32.3 Å². The average Bonchev–Trinajstić information content (AvgIpc) is 1.92. The molecule has 0 aromatic rings. The smallest absolute Gasteiger partial charge is 0.0636 e. The summed E-state index contributed by atoms with van der Waals surface area (Å²) < 4.78 is 0. The Balaban J connectivity index is 0. The highest BCUT2D eigenvalue weighted by atomic mass is 16.3. The summed E-state index contributed by atoms with van der Waals surface area (Å²) in [5.41, 5.74) is 0. The Hall–Kier alpha value is -0.340. The van der Waals surface area contributed by atoms with E-state index >= 15 is 0 Å². The van der Waals surface area contributed by atoms with Crippen LogP contribution >= 0.6 is 0 Å². The van der Waals surface area contributed by atoms with Crippen LogP contribution in [0.15, 0.2) is 13.2 Å². The van der Waals surface area contributed by atoms with Gasteiger partial charge in [-0.3, -0.25) is 0 Å². The molecule has 0 aromatic heterocycles. The first-order valence-corrected chi connectivity index (χ1v) is 3.66. The van der Waals surface area contributed by atoms with Crippen molar-refractivity contribution < 1.29 is 5.11 Å². The van der Waals surface area contributed by atoms with Gasteiger partial charge in [0, 0.05) is 6.54 Å². The van der Waals surface area contributed by atoms with Crippen molar-refractivity contribution >= 4 is 0 Å². The fourth-order valence-electron chi connectivity index (χ4n) is 0.488. The van der Waals surface area contributed by atoms with Gasteiger partial charge in [-0.05, 0) is 19.9 Å². The lowest BCUT2D eigenvalue weighted by atomic mass is 10.4. The molecular formula is C8H19NO. The molecule has 10 heavy (non-hydrogen) atoms. The standard InChI is InChI=1S/C6H15NO.C2H4/c1-3-4-7-5-6(2)8;1-2/h6-8H,3-5H2,1-2H3;1-2H2. The maximum Gasteiger partial charge on any atom is 0.0636 e. The van der Waals surface area contributed by atoms with Crippen molar-refractivity contribution in [2.75, 3.05) is 13.1 Å². The van der Waals surface area contributed by atoms with Gasteiger partial charge in [-0.15, -0.1) is 13.2 Å². The SMILES string of the molecule is C=C.CCCNCC(C)O. The molecule has 0 saturated heterocycles. The summed E-state index contributed by atoms with van der Waals surface area (Å²) in [6.07, 6.45) is 0.925. The van der Waals surface area contributed by atoms with E-state index in [4.69, 9.17) is 5.11 Å². The number of nitrogens with one attached hydrogen (secondary N) is 1. The van der Waals surface area contributed by atoms with Gasteiger partial charge in [-0.2, -0.15) is 0 Å². The Labute approximate surface area is 64.0 Å². The van der Waals surface area contributed by atoms with Crippen LogP contribution in [0.5, 0.6) is 0 Å². The van der Waals surface area contributed by atoms with Gasteiger partial charge >= 0.3 is 0 Å². The molecule has 62 valence electrons. The molecule has 0 bridgehead atoms. The van der Waals surface area contributed by atoms with Crippen molar-refractivity contribution in [2.45, 2.75) is 26.4 Å². The Bertz CT molecular complexity index is 55.2. The van der Waals surface area contributed by atoms with Crippen molar-refractivity contribution in [2.24, 2.45) is 0 Å². The monoisotopic (exact) mass is 145 g/mol. The zero-order valence-electron chi connectivity index (χ0n) is 7.06. The van der Waals surface area contributed by atoms with E-state index in [0.717, 1.165) is 13.0 Å². The van der Waals surface area contributed by atoms with Gasteiger partial charge in [0.15, 0.2) is 0 Å². The van der Waals surface area contributed by atoms with Crippen LogP contribution in [0, 0.1) is 0 Å². The lowest BCUT2D eigenvalue weighted by molar-refractivity contribution is 0.191. The molecule has 0 amide bonds. The molecule has 0 radical (unpaired) electrons. The Morgan fingerprint density at radius 1 is 1.50 bits per heavy atom. The largest absolute Gasteiger partial charge is 0.392 e. The Morgan fingerprint density at radius 2 is 2.00 bits per heavy atom. The summed E-state index contributed by atoms with van der Waals surface area (Å²) in [6, 6.07) is 0. The molecule has 0 fully saturated rings. The minimum atomic E-state index is -0.207. The van der Waals surface area contributed by atoms with E-state index in [1.165, 1.54) is 0 Å². The molecule has 0 aliphatic carbocycles. The predicted octanol–water partition coefficient (Wildman–Crippen LogP) is 1.17. The van der Waals surface area contributed by atoms with Crippen LogP contribution in [0.4, 0.5) is 0 Å². The Morgan fingerprint density at radius 3 is 2.30 bits per heavy atom. The Kier molecular flexibility index (Phi) is 14.1. The van der Waals surface area contributed by atoms with Gasteiger partial charge in [0.2, 0.25) is 0 Å². The second-order valence-electron chi connectivity index (χ2n) is 2.05. The second kappa shape index (κ2) is 11.5. The molecule has 2 N–H and O–H groups in total. The molecule has 0 aliphatic rings. The number of hydrogen-bond acceptors (Lipinski definition) is 2. The summed E-state index contributed by atoms with van der Waals surface area (Å²) in [4.78, 5) is 0. The quantitative estimate of drug-likeness (QED) is 0.460. The minimum absolute atomic E-state index is 0.207. The molecule has 2 heteroatoms. The first kappa shape index (κ1) is 12.3. The summed E-state index contributed by atoms with van der Waals surface area (Å²) in [5, 5.41) is 11.8. The molecule has 0 aliphatic heterocycles. The molecule has 0 heterocycles. The average molecular weight is 145 g/mol. The van der Waals surface area contributed by atoms with Crippen LogP contribution in [-0.4, -0.2) is 24.3 Å². The predicted molar refractivity (Wildman–Crippen MR) is 46.1 cm³/mol. The fraction of sp³-hybridized carbons (Fsp3) is 0.750. The minimum Gasteiger partial charge on any atom is -0.392 e. The highest BCUT2D eigenvalue weighted by Gasteiger charge is 1.90. The van der Waals surface area contributed by atoms with E-state index < -0.39 is 0 Å². The number of aliphatic hydroxyl groups is 1. The first-order valence-electron chi connectivity index (χ1n) is 3.66. The van der Waals surface area contributed by atoms with Gasteiger partial charge in [0.05, 0.1) is 6.10 Å². The summed E-state index contributed by atoms with van der Waals surface area (Å²) in [5.74, 6) is 0. The van der Waals surface area contributed by atoms with E-state index in [0.29, 0.717) is 6.54 Å². The third-order valence-corrected chi connectivity index (χ3v) is 0.867. The van der Waals surface area contributed by atoms with Crippen LogP contribution in [0.25, 0.3) is 0 Å². The van der Waals surface area contributed by atoms with Crippen LogP contribution in [-0.2, 0) is 0 Å². The third-order valence-electron chi connectivity index (χ3n) is 0.867. The lowest BCUT2D eigenvalue weighted by Gasteiger charge is -2.03. The summed E-state index contributed by atoms with van der Waals surface area (Å²) in [6.45, 7) is 11.6. The van der Waals surface area contributed by atoms with Crippen LogP contribution in [0.2, 0.25) is 0 Å². The molecule has 1 unspecified atom stereocenters. The van der Waals surface area contributed by atoms with E-state index in [1.807, 2.05) is 0 Å². The van der Waals surface area contributed by atoms with Gasteiger partial charge in [-0.1, -0.05) is 6.92 Å².